The molecular formula is C15H16ClN3O2. The fourth-order valence-corrected chi connectivity index (χ4v) is 2.07. The lowest BCUT2D eigenvalue weighted by atomic mass is 9.96. The molecule has 0 aliphatic rings. The number of aliphatic carboxylic acids is 1. The molecule has 1 N–H and O–H groups in total. The molecule has 0 bridgehead atoms. The standard InChI is InChI=1S/C15H16ClN3O2/c1-19(2)15-17-8-7-13(18-15)12(14(20)21)9-10-3-5-11(16)6-4-10/h3-8,12H,9H2,1-2H3,(H,20,21). The zero-order valence-corrected chi connectivity index (χ0v) is 12.6. The van der Waals surface area contributed by atoms with Crippen LogP contribution in [0.3, 0.4) is 0 Å². The first kappa shape index (κ1) is 15.3. The molecule has 0 amide bonds. The molecule has 0 aliphatic heterocycles. The number of carbonyl (C=O) groups is 1. The van der Waals surface area contributed by atoms with Gasteiger partial charge in [0.25, 0.3) is 0 Å². The molecule has 110 valence electrons. The summed E-state index contributed by atoms with van der Waals surface area (Å²) in [5.41, 5.74) is 1.40. The highest BCUT2D eigenvalue weighted by Crippen LogP contribution is 2.22. The van der Waals surface area contributed by atoms with Gasteiger partial charge in [0.15, 0.2) is 0 Å². The highest BCUT2D eigenvalue weighted by molar-refractivity contribution is 6.30. The van der Waals surface area contributed by atoms with Crippen LogP contribution in [-0.2, 0) is 11.2 Å². The molecule has 0 aliphatic carbocycles. The van der Waals surface area contributed by atoms with Crippen molar-refractivity contribution in [2.75, 3.05) is 19.0 Å². The van der Waals surface area contributed by atoms with E-state index in [2.05, 4.69) is 9.97 Å². The Hall–Kier alpha value is -2.14. The summed E-state index contributed by atoms with van der Waals surface area (Å²) in [6, 6.07) is 8.79. The molecule has 21 heavy (non-hydrogen) atoms. The maximum atomic E-state index is 11.6. The summed E-state index contributed by atoms with van der Waals surface area (Å²) in [7, 11) is 3.63. The van der Waals surface area contributed by atoms with Crippen molar-refractivity contribution in [1.29, 1.82) is 0 Å². The number of carboxylic acid groups (broad SMARTS) is 1. The van der Waals surface area contributed by atoms with E-state index < -0.39 is 11.9 Å². The van der Waals surface area contributed by atoms with Gasteiger partial charge in [0, 0.05) is 25.3 Å². The molecule has 2 aromatic rings. The Morgan fingerprint density at radius 1 is 1.29 bits per heavy atom. The van der Waals surface area contributed by atoms with Crippen molar-refractivity contribution in [2.24, 2.45) is 0 Å². The molecule has 0 radical (unpaired) electrons. The minimum absolute atomic E-state index is 0.358. The number of hydrogen-bond donors (Lipinski definition) is 1. The van der Waals surface area contributed by atoms with Gasteiger partial charge in [-0.1, -0.05) is 23.7 Å². The van der Waals surface area contributed by atoms with Crippen molar-refractivity contribution in [1.82, 2.24) is 9.97 Å². The largest absolute Gasteiger partial charge is 0.481 e. The van der Waals surface area contributed by atoms with Gasteiger partial charge in [-0.3, -0.25) is 4.79 Å². The summed E-state index contributed by atoms with van der Waals surface area (Å²) >= 11 is 5.84. The summed E-state index contributed by atoms with van der Waals surface area (Å²) in [5.74, 6) is -1.13. The van der Waals surface area contributed by atoms with Crippen LogP contribution < -0.4 is 4.90 Å². The van der Waals surface area contributed by atoms with Gasteiger partial charge in [0.2, 0.25) is 5.95 Å². The van der Waals surface area contributed by atoms with E-state index in [4.69, 9.17) is 11.6 Å². The number of rotatable bonds is 5. The fourth-order valence-electron chi connectivity index (χ4n) is 1.95. The van der Waals surface area contributed by atoms with Crippen molar-refractivity contribution in [2.45, 2.75) is 12.3 Å². The maximum absolute atomic E-state index is 11.6. The zero-order chi connectivity index (χ0) is 15.4. The predicted molar refractivity (Wildman–Crippen MR) is 81.9 cm³/mol. The van der Waals surface area contributed by atoms with Crippen LogP contribution >= 0.6 is 11.6 Å². The molecule has 5 nitrogen and oxygen atoms in total. The third-order valence-corrected chi connectivity index (χ3v) is 3.32. The molecule has 0 saturated heterocycles. The highest BCUT2D eigenvalue weighted by Gasteiger charge is 2.22. The summed E-state index contributed by atoms with van der Waals surface area (Å²) in [6.07, 6.45) is 1.94. The van der Waals surface area contributed by atoms with Crippen LogP contribution in [0, 0.1) is 0 Å². The second kappa shape index (κ2) is 6.54. The Bertz CT molecular complexity index is 629. The number of anilines is 1. The van der Waals surface area contributed by atoms with Crippen molar-refractivity contribution in [3.05, 3.63) is 52.8 Å². The monoisotopic (exact) mass is 305 g/mol. The van der Waals surface area contributed by atoms with Crippen LogP contribution in [0.25, 0.3) is 0 Å². The maximum Gasteiger partial charge on any atom is 0.312 e. The van der Waals surface area contributed by atoms with E-state index in [9.17, 15) is 9.90 Å². The van der Waals surface area contributed by atoms with Crippen LogP contribution in [0.4, 0.5) is 5.95 Å². The average Bonchev–Trinajstić information content (AvgIpc) is 2.46. The summed E-state index contributed by atoms with van der Waals surface area (Å²) in [6.45, 7) is 0. The van der Waals surface area contributed by atoms with Crippen LogP contribution in [0.15, 0.2) is 36.5 Å². The van der Waals surface area contributed by atoms with Crippen LogP contribution in [0.2, 0.25) is 5.02 Å². The van der Waals surface area contributed by atoms with E-state index in [1.807, 2.05) is 26.2 Å². The fraction of sp³-hybridized carbons (Fsp3) is 0.267. The lowest BCUT2D eigenvalue weighted by molar-refractivity contribution is -0.138. The predicted octanol–water partition coefficient (Wildman–Crippen LogP) is 2.61. The minimum atomic E-state index is -0.909. The molecule has 0 fully saturated rings. The van der Waals surface area contributed by atoms with Gasteiger partial charge in [-0.25, -0.2) is 9.97 Å². The van der Waals surface area contributed by atoms with E-state index in [0.29, 0.717) is 23.1 Å². The van der Waals surface area contributed by atoms with Gasteiger partial charge in [-0.05, 0) is 30.2 Å². The SMILES string of the molecule is CN(C)c1nccc(C(Cc2ccc(Cl)cc2)C(=O)O)n1. The summed E-state index contributed by atoms with van der Waals surface area (Å²) in [5, 5.41) is 10.1. The van der Waals surface area contributed by atoms with Crippen molar-refractivity contribution < 1.29 is 9.90 Å². The number of benzene rings is 1. The van der Waals surface area contributed by atoms with Gasteiger partial charge in [0.05, 0.1) is 5.69 Å². The molecule has 1 aromatic carbocycles. The Morgan fingerprint density at radius 3 is 2.52 bits per heavy atom. The number of nitrogens with zero attached hydrogens (tertiary/aromatic N) is 3. The quantitative estimate of drug-likeness (QED) is 0.919. The molecule has 0 spiro atoms. The molecule has 1 atom stereocenters. The molecule has 1 unspecified atom stereocenters. The Labute approximate surface area is 128 Å². The Balaban J connectivity index is 2.28. The van der Waals surface area contributed by atoms with E-state index in [1.165, 1.54) is 0 Å². The normalized spacial score (nSPS) is 12.0. The van der Waals surface area contributed by atoms with Crippen molar-refractivity contribution in [3.8, 4) is 0 Å². The van der Waals surface area contributed by atoms with Gasteiger partial charge >= 0.3 is 5.97 Å². The van der Waals surface area contributed by atoms with Gasteiger partial charge in [-0.15, -0.1) is 0 Å². The molecule has 6 heteroatoms. The number of aromatic nitrogens is 2. The lowest BCUT2D eigenvalue weighted by Gasteiger charge is -2.15. The molecule has 0 saturated carbocycles. The average molecular weight is 306 g/mol. The van der Waals surface area contributed by atoms with E-state index in [0.717, 1.165) is 5.56 Å². The molecular weight excluding hydrogens is 290 g/mol. The van der Waals surface area contributed by atoms with E-state index in [1.54, 1.807) is 29.3 Å². The topological polar surface area (TPSA) is 66.3 Å². The van der Waals surface area contributed by atoms with Gasteiger partial charge < -0.3 is 10.0 Å². The third-order valence-electron chi connectivity index (χ3n) is 3.07. The van der Waals surface area contributed by atoms with E-state index >= 15 is 0 Å². The van der Waals surface area contributed by atoms with Crippen LogP contribution in [-0.4, -0.2) is 35.1 Å². The van der Waals surface area contributed by atoms with Crippen LogP contribution in [0.1, 0.15) is 17.2 Å². The smallest absolute Gasteiger partial charge is 0.312 e. The molecule has 2 rings (SSSR count). The number of hydrogen-bond acceptors (Lipinski definition) is 4. The van der Waals surface area contributed by atoms with Crippen LogP contribution in [0.5, 0.6) is 0 Å². The second-order valence-electron chi connectivity index (χ2n) is 4.90. The third kappa shape index (κ3) is 3.92. The first-order chi connectivity index (χ1) is 9.97. The Kier molecular flexibility index (Phi) is 4.75. The van der Waals surface area contributed by atoms with E-state index in [-0.39, 0.29) is 0 Å². The minimum Gasteiger partial charge on any atom is -0.481 e. The first-order valence-corrected chi connectivity index (χ1v) is 6.82. The Morgan fingerprint density at radius 2 is 1.95 bits per heavy atom. The molecule has 1 aromatic heterocycles. The second-order valence-corrected chi connectivity index (χ2v) is 5.33. The molecule has 1 heterocycles. The van der Waals surface area contributed by atoms with Gasteiger partial charge in [0.1, 0.15) is 5.92 Å². The van der Waals surface area contributed by atoms with Crippen molar-refractivity contribution in [3.63, 3.8) is 0 Å². The highest BCUT2D eigenvalue weighted by atomic mass is 35.5. The summed E-state index contributed by atoms with van der Waals surface area (Å²) in [4.78, 5) is 21.7. The number of carboxylic acids is 1. The first-order valence-electron chi connectivity index (χ1n) is 6.45. The number of halogens is 1. The zero-order valence-electron chi connectivity index (χ0n) is 11.8. The summed E-state index contributed by atoms with van der Waals surface area (Å²) < 4.78 is 0. The van der Waals surface area contributed by atoms with Crippen molar-refractivity contribution >= 4 is 23.5 Å². The van der Waals surface area contributed by atoms with Gasteiger partial charge in [-0.2, -0.15) is 0 Å². The lowest BCUT2D eigenvalue weighted by Crippen LogP contribution is -2.19.